The van der Waals surface area contributed by atoms with Crippen molar-refractivity contribution in [3.05, 3.63) is 65.6 Å². The highest BCUT2D eigenvalue weighted by Crippen LogP contribution is 2.28. The van der Waals surface area contributed by atoms with Gasteiger partial charge in [-0.05, 0) is 30.3 Å². The van der Waals surface area contributed by atoms with E-state index in [-0.39, 0.29) is 24.6 Å². The molecule has 0 saturated carbocycles. The second-order valence-electron chi connectivity index (χ2n) is 5.86. The van der Waals surface area contributed by atoms with Gasteiger partial charge in [-0.25, -0.2) is 9.59 Å². The summed E-state index contributed by atoms with van der Waals surface area (Å²) in [4.78, 5) is 29.9. The summed E-state index contributed by atoms with van der Waals surface area (Å²) >= 11 is 0. The lowest BCUT2D eigenvalue weighted by Crippen LogP contribution is -2.38. The quantitative estimate of drug-likeness (QED) is 0.700. The zero-order valence-corrected chi connectivity index (χ0v) is 15.6. The summed E-state index contributed by atoms with van der Waals surface area (Å²) in [7, 11) is 2.50. The number of anilines is 1. The Hall–Kier alpha value is -3.39. The molecule has 1 aliphatic heterocycles. The number of hydrogen-bond donors (Lipinski definition) is 0. The van der Waals surface area contributed by atoms with Crippen LogP contribution in [-0.2, 0) is 30.4 Å². The molecule has 1 aromatic carbocycles. The topological polar surface area (TPSA) is 87.2 Å². The molecule has 8 nitrogen and oxygen atoms in total. The highest BCUT2D eigenvalue weighted by molar-refractivity contribution is 6.03. The number of ether oxygens (including phenoxy) is 4. The number of nitrogens with zero attached hydrogens (tertiary/aromatic N) is 2. The van der Waals surface area contributed by atoms with Crippen LogP contribution in [0.1, 0.15) is 5.56 Å². The van der Waals surface area contributed by atoms with Crippen LogP contribution in [0.3, 0.4) is 0 Å². The van der Waals surface area contributed by atoms with Gasteiger partial charge in [0.1, 0.15) is 24.8 Å². The number of esters is 2. The molecule has 0 amide bonds. The highest BCUT2D eigenvalue weighted by atomic mass is 16.5. The largest absolute Gasteiger partial charge is 0.489 e. The molecule has 28 heavy (non-hydrogen) atoms. The van der Waals surface area contributed by atoms with E-state index in [0.717, 1.165) is 5.56 Å². The van der Waals surface area contributed by atoms with Crippen molar-refractivity contribution < 1.29 is 28.5 Å². The third kappa shape index (κ3) is 4.29. The minimum Gasteiger partial charge on any atom is -0.489 e. The molecule has 1 aliphatic rings. The molecule has 0 aliphatic carbocycles. The minimum absolute atomic E-state index is 0.0279. The average molecular weight is 384 g/mol. The molecular weight excluding hydrogens is 364 g/mol. The van der Waals surface area contributed by atoms with Crippen LogP contribution < -0.4 is 9.64 Å². The second kappa shape index (κ2) is 9.01. The molecule has 0 unspecified atom stereocenters. The molecule has 8 heteroatoms. The van der Waals surface area contributed by atoms with E-state index < -0.39 is 11.9 Å². The Kier molecular flexibility index (Phi) is 6.23. The van der Waals surface area contributed by atoms with Crippen LogP contribution in [0.5, 0.6) is 5.75 Å². The zero-order chi connectivity index (χ0) is 19.9. The van der Waals surface area contributed by atoms with Crippen LogP contribution in [0.2, 0.25) is 0 Å². The molecular formula is C20H20N2O6. The summed E-state index contributed by atoms with van der Waals surface area (Å²) in [5, 5.41) is 0. The lowest BCUT2D eigenvalue weighted by Gasteiger charge is -2.31. The Bertz CT molecular complexity index is 864. The van der Waals surface area contributed by atoms with E-state index >= 15 is 0 Å². The molecule has 0 bridgehead atoms. The van der Waals surface area contributed by atoms with Crippen molar-refractivity contribution in [2.24, 2.45) is 0 Å². The smallest absolute Gasteiger partial charge is 0.355 e. The van der Waals surface area contributed by atoms with Gasteiger partial charge in [0, 0.05) is 23.6 Å². The summed E-state index contributed by atoms with van der Waals surface area (Å²) in [6.45, 7) is 0.459. The fraction of sp³-hybridized carbons (Fsp3) is 0.250. The number of carbonyl (C=O) groups is 2. The van der Waals surface area contributed by atoms with Gasteiger partial charge in [0.25, 0.3) is 0 Å². The van der Waals surface area contributed by atoms with Gasteiger partial charge in [-0.15, -0.1) is 0 Å². The number of hydrogen-bond acceptors (Lipinski definition) is 8. The fourth-order valence-corrected chi connectivity index (χ4v) is 2.72. The van der Waals surface area contributed by atoms with Crippen molar-refractivity contribution in [3.63, 3.8) is 0 Å². The van der Waals surface area contributed by atoms with Crippen molar-refractivity contribution in [1.29, 1.82) is 0 Å². The van der Waals surface area contributed by atoms with Crippen molar-refractivity contribution in [2.45, 2.75) is 6.61 Å². The van der Waals surface area contributed by atoms with Crippen LogP contribution in [0, 0.1) is 0 Å². The number of pyridine rings is 1. The van der Waals surface area contributed by atoms with Crippen molar-refractivity contribution in [2.75, 3.05) is 32.5 Å². The van der Waals surface area contributed by atoms with Gasteiger partial charge in [0.05, 0.1) is 26.4 Å². The molecule has 0 spiro atoms. The normalized spacial score (nSPS) is 13.9. The summed E-state index contributed by atoms with van der Waals surface area (Å²) in [5.74, 6) is -0.621. The first-order valence-corrected chi connectivity index (χ1v) is 8.51. The fourth-order valence-electron chi connectivity index (χ4n) is 2.72. The lowest BCUT2D eigenvalue weighted by atomic mass is 10.1. The molecule has 0 fully saturated rings. The Labute approximate surface area is 162 Å². The molecule has 0 saturated heterocycles. The number of aromatic nitrogens is 1. The van der Waals surface area contributed by atoms with E-state index in [1.165, 1.54) is 14.2 Å². The Morgan fingerprint density at radius 2 is 1.86 bits per heavy atom. The Balaban J connectivity index is 1.81. The van der Waals surface area contributed by atoms with Crippen molar-refractivity contribution in [3.8, 4) is 5.75 Å². The second-order valence-corrected chi connectivity index (χ2v) is 5.86. The molecule has 3 rings (SSSR count). The van der Waals surface area contributed by atoms with E-state index in [0.29, 0.717) is 18.0 Å². The monoisotopic (exact) mass is 384 g/mol. The first-order chi connectivity index (χ1) is 13.6. The summed E-state index contributed by atoms with van der Waals surface area (Å²) in [6.07, 6.45) is 3.44. The summed E-state index contributed by atoms with van der Waals surface area (Å²) in [6, 6.07) is 10.8. The van der Waals surface area contributed by atoms with Crippen LogP contribution in [0.25, 0.3) is 0 Å². The SMILES string of the molecule is COC(=O)C1=C(C(=O)OC)N(c2ccc(OCc3cccnc3)cc2)COC1. The van der Waals surface area contributed by atoms with E-state index in [4.69, 9.17) is 18.9 Å². The van der Waals surface area contributed by atoms with Gasteiger partial charge in [-0.2, -0.15) is 0 Å². The summed E-state index contributed by atoms with van der Waals surface area (Å²) < 4.78 is 20.8. The van der Waals surface area contributed by atoms with Gasteiger partial charge in [-0.3, -0.25) is 4.98 Å². The lowest BCUT2D eigenvalue weighted by molar-refractivity contribution is -0.140. The van der Waals surface area contributed by atoms with E-state index in [9.17, 15) is 9.59 Å². The van der Waals surface area contributed by atoms with E-state index in [1.807, 2.05) is 12.1 Å². The molecule has 1 aromatic heterocycles. The van der Waals surface area contributed by atoms with Crippen molar-refractivity contribution in [1.82, 2.24) is 4.98 Å². The maximum atomic E-state index is 12.3. The number of benzene rings is 1. The van der Waals surface area contributed by atoms with E-state index in [1.54, 1.807) is 41.6 Å². The van der Waals surface area contributed by atoms with Crippen LogP contribution in [-0.4, -0.2) is 44.5 Å². The van der Waals surface area contributed by atoms with Gasteiger partial charge in [-0.1, -0.05) is 6.07 Å². The van der Waals surface area contributed by atoms with Gasteiger partial charge >= 0.3 is 11.9 Å². The van der Waals surface area contributed by atoms with Crippen LogP contribution in [0.4, 0.5) is 5.69 Å². The number of carbonyl (C=O) groups excluding carboxylic acids is 2. The maximum absolute atomic E-state index is 12.3. The van der Waals surface area contributed by atoms with Gasteiger partial charge < -0.3 is 23.8 Å². The predicted octanol–water partition coefficient (Wildman–Crippen LogP) is 2.05. The van der Waals surface area contributed by atoms with Crippen molar-refractivity contribution >= 4 is 17.6 Å². The highest BCUT2D eigenvalue weighted by Gasteiger charge is 2.32. The molecule has 2 aromatic rings. The predicted molar refractivity (Wildman–Crippen MR) is 99.4 cm³/mol. The standard InChI is InChI=1S/C20H20N2O6/c1-25-19(23)17-12-27-13-22(18(17)20(24)26-2)15-5-7-16(8-6-15)28-11-14-4-3-9-21-10-14/h3-10H,11-13H2,1-2H3. The molecule has 0 atom stereocenters. The average Bonchev–Trinajstić information content (AvgIpc) is 2.77. The number of methoxy groups -OCH3 is 2. The zero-order valence-electron chi connectivity index (χ0n) is 15.6. The van der Waals surface area contributed by atoms with E-state index in [2.05, 4.69) is 4.98 Å². The molecule has 146 valence electrons. The number of rotatable bonds is 6. The first-order valence-electron chi connectivity index (χ1n) is 8.51. The van der Waals surface area contributed by atoms with Gasteiger partial charge in [0.2, 0.25) is 0 Å². The Morgan fingerprint density at radius 1 is 1.11 bits per heavy atom. The third-order valence-corrected chi connectivity index (χ3v) is 4.11. The van der Waals surface area contributed by atoms with Crippen LogP contribution in [0.15, 0.2) is 60.1 Å². The maximum Gasteiger partial charge on any atom is 0.355 e. The third-order valence-electron chi connectivity index (χ3n) is 4.11. The molecule has 0 radical (unpaired) electrons. The van der Waals surface area contributed by atoms with Gasteiger partial charge in [0.15, 0.2) is 0 Å². The van der Waals surface area contributed by atoms with Crippen LogP contribution >= 0.6 is 0 Å². The summed E-state index contributed by atoms with van der Waals surface area (Å²) in [5.41, 5.74) is 1.81. The Morgan fingerprint density at radius 3 is 2.50 bits per heavy atom. The minimum atomic E-state index is -0.638. The first kappa shape index (κ1) is 19.4. The molecule has 2 heterocycles. The molecule has 0 N–H and O–H groups in total.